The number of nitrogens with one attached hydrogen (secondary N) is 1. The van der Waals surface area contributed by atoms with E-state index in [1.807, 2.05) is 33.8 Å². The van der Waals surface area contributed by atoms with E-state index in [9.17, 15) is 9.90 Å². The number of benzene rings is 1. The number of hydrogen-bond donors (Lipinski definition) is 2. The lowest BCUT2D eigenvalue weighted by Crippen LogP contribution is -2.28. The van der Waals surface area contributed by atoms with Crippen LogP contribution < -0.4 is 0 Å². The zero-order chi connectivity index (χ0) is 22.6. The maximum atomic E-state index is 12.5. The van der Waals surface area contributed by atoms with Crippen LogP contribution in [-0.2, 0) is 22.4 Å². The summed E-state index contributed by atoms with van der Waals surface area (Å²) in [5.74, 6) is -1.00. The fourth-order valence-electron chi connectivity index (χ4n) is 4.72. The maximum Gasteiger partial charge on any atom is 0.337 e. The lowest BCUT2D eigenvalue weighted by molar-refractivity contribution is -0.160. The minimum absolute atomic E-state index is 0.622. The molecular formula is C25H27N3O3S. The van der Waals surface area contributed by atoms with Gasteiger partial charge < -0.3 is 9.84 Å². The summed E-state index contributed by atoms with van der Waals surface area (Å²) in [5.41, 5.74) is 4.86. The number of aryl methyl sites for hydroxylation is 3. The quantitative estimate of drug-likeness (QED) is 0.401. The monoisotopic (exact) mass is 449 g/mol. The largest absolute Gasteiger partial charge is 0.479 e. The molecule has 166 valence electrons. The average molecular weight is 450 g/mol. The number of thiophene rings is 1. The average Bonchev–Trinajstić information content (AvgIpc) is 3.33. The molecule has 1 aromatic carbocycles. The molecule has 2 N–H and O–H groups in total. The number of aromatic amines is 1. The van der Waals surface area contributed by atoms with Crippen LogP contribution in [0.15, 0.2) is 24.4 Å². The first-order valence-electron chi connectivity index (χ1n) is 11.0. The Bertz CT molecular complexity index is 1350. The summed E-state index contributed by atoms with van der Waals surface area (Å²) in [6, 6.07) is 6.14. The summed E-state index contributed by atoms with van der Waals surface area (Å²) in [5, 5.41) is 19.5. The van der Waals surface area contributed by atoms with Gasteiger partial charge >= 0.3 is 5.97 Å². The highest BCUT2D eigenvalue weighted by molar-refractivity contribution is 7.19. The highest BCUT2D eigenvalue weighted by atomic mass is 32.1. The van der Waals surface area contributed by atoms with Gasteiger partial charge in [-0.2, -0.15) is 5.10 Å². The third kappa shape index (κ3) is 3.59. The van der Waals surface area contributed by atoms with Crippen LogP contribution in [0.4, 0.5) is 0 Å². The topological polar surface area (TPSA) is 88.1 Å². The van der Waals surface area contributed by atoms with Gasteiger partial charge in [0.25, 0.3) is 0 Å². The van der Waals surface area contributed by atoms with Crippen molar-refractivity contribution in [1.82, 2.24) is 15.2 Å². The lowest BCUT2D eigenvalue weighted by atomic mass is 9.87. The highest BCUT2D eigenvalue weighted by Gasteiger charge is 2.34. The van der Waals surface area contributed by atoms with Crippen LogP contribution in [0.3, 0.4) is 0 Å². The molecule has 0 bridgehead atoms. The lowest BCUT2D eigenvalue weighted by Gasteiger charge is -2.28. The minimum Gasteiger partial charge on any atom is -0.479 e. The summed E-state index contributed by atoms with van der Waals surface area (Å²) in [6.45, 7) is 7.54. The number of carbonyl (C=O) groups is 1. The Morgan fingerprint density at radius 3 is 2.78 bits per heavy atom. The van der Waals surface area contributed by atoms with E-state index >= 15 is 0 Å². The Kier molecular flexibility index (Phi) is 5.06. The molecule has 0 unspecified atom stereocenters. The molecule has 1 aliphatic rings. The number of carboxylic acid groups (broad SMARTS) is 1. The molecule has 0 spiro atoms. The summed E-state index contributed by atoms with van der Waals surface area (Å²) < 4.78 is 6.11. The number of carboxylic acids is 1. The molecule has 1 atom stereocenters. The molecule has 3 aromatic heterocycles. The van der Waals surface area contributed by atoms with Crippen molar-refractivity contribution in [2.24, 2.45) is 0 Å². The SMILES string of the molecule is Cc1nc2sc3c(c2c(-c2ccc4cn[nH]c4c2)c1[C@H](OC(C)(C)C)C(=O)O)CCCC3. The van der Waals surface area contributed by atoms with Crippen LogP contribution in [0.1, 0.15) is 61.4 Å². The van der Waals surface area contributed by atoms with E-state index in [1.54, 1.807) is 17.5 Å². The predicted octanol–water partition coefficient (Wildman–Crippen LogP) is 5.97. The fourth-order valence-corrected chi connectivity index (χ4v) is 6.03. The number of H-pyrrole nitrogens is 1. The Morgan fingerprint density at radius 1 is 1.25 bits per heavy atom. The Morgan fingerprint density at radius 2 is 2.03 bits per heavy atom. The van der Waals surface area contributed by atoms with E-state index < -0.39 is 17.7 Å². The van der Waals surface area contributed by atoms with Gasteiger partial charge in [0.2, 0.25) is 0 Å². The van der Waals surface area contributed by atoms with Crippen molar-refractivity contribution in [1.29, 1.82) is 0 Å². The number of aromatic nitrogens is 3. The van der Waals surface area contributed by atoms with Crippen molar-refractivity contribution < 1.29 is 14.6 Å². The number of hydrogen-bond acceptors (Lipinski definition) is 5. The van der Waals surface area contributed by atoms with Gasteiger partial charge in [0, 0.05) is 32.5 Å². The van der Waals surface area contributed by atoms with Crippen LogP contribution in [0.25, 0.3) is 32.2 Å². The maximum absolute atomic E-state index is 12.5. The second-order valence-corrected chi connectivity index (χ2v) is 10.6. The Labute approximate surface area is 190 Å². The van der Waals surface area contributed by atoms with Crippen molar-refractivity contribution in [2.75, 3.05) is 0 Å². The third-order valence-corrected chi connectivity index (χ3v) is 7.21. The molecule has 32 heavy (non-hydrogen) atoms. The molecule has 0 saturated heterocycles. The van der Waals surface area contributed by atoms with E-state index in [4.69, 9.17) is 9.72 Å². The molecule has 0 saturated carbocycles. The first-order valence-corrected chi connectivity index (χ1v) is 11.8. The summed E-state index contributed by atoms with van der Waals surface area (Å²) in [7, 11) is 0. The smallest absolute Gasteiger partial charge is 0.337 e. The number of rotatable bonds is 4. The van der Waals surface area contributed by atoms with Crippen molar-refractivity contribution in [3.8, 4) is 11.1 Å². The van der Waals surface area contributed by atoms with Gasteiger partial charge in [0.15, 0.2) is 6.10 Å². The van der Waals surface area contributed by atoms with Gasteiger partial charge in [-0.05, 0) is 70.6 Å². The van der Waals surface area contributed by atoms with E-state index in [0.29, 0.717) is 11.3 Å². The molecule has 7 heteroatoms. The molecule has 5 rings (SSSR count). The van der Waals surface area contributed by atoms with E-state index in [0.717, 1.165) is 51.5 Å². The number of nitrogens with zero attached hydrogens (tertiary/aromatic N) is 2. The molecule has 0 amide bonds. The van der Waals surface area contributed by atoms with Crippen LogP contribution in [0.5, 0.6) is 0 Å². The van der Waals surface area contributed by atoms with Gasteiger partial charge in [-0.3, -0.25) is 5.10 Å². The summed E-state index contributed by atoms with van der Waals surface area (Å²) >= 11 is 1.75. The molecule has 4 aromatic rings. The standard InChI is InChI=1S/C25H27N3O3S/c1-13-19(22(24(29)30)31-25(2,3)4)20(14-9-10-15-12-26-28-17(15)11-14)21-16-7-5-6-8-18(16)32-23(21)27-13/h9-12,22H,5-8H2,1-4H3,(H,26,28)(H,29,30)/t22-/m0/s1. The van der Waals surface area contributed by atoms with Crippen molar-refractivity contribution >= 4 is 38.4 Å². The molecule has 1 aliphatic carbocycles. The van der Waals surface area contributed by atoms with Gasteiger partial charge in [-0.1, -0.05) is 12.1 Å². The second-order valence-electron chi connectivity index (χ2n) is 9.50. The number of ether oxygens (including phenoxy) is 1. The summed E-state index contributed by atoms with van der Waals surface area (Å²) in [6.07, 6.45) is 5.07. The fraction of sp³-hybridized carbons (Fsp3) is 0.400. The van der Waals surface area contributed by atoms with Crippen molar-refractivity contribution in [2.45, 2.75) is 65.1 Å². The van der Waals surface area contributed by atoms with Crippen LogP contribution >= 0.6 is 11.3 Å². The highest BCUT2D eigenvalue weighted by Crippen LogP contribution is 2.46. The van der Waals surface area contributed by atoms with Crippen molar-refractivity contribution in [3.63, 3.8) is 0 Å². The Balaban J connectivity index is 1.87. The number of fused-ring (bicyclic) bond motifs is 4. The number of aliphatic carboxylic acids is 1. The normalized spacial score (nSPS) is 15.2. The first kappa shape index (κ1) is 21.1. The molecular weight excluding hydrogens is 422 g/mol. The van der Waals surface area contributed by atoms with Gasteiger partial charge in [0.1, 0.15) is 4.83 Å². The van der Waals surface area contributed by atoms with Gasteiger partial charge in [0.05, 0.1) is 17.3 Å². The molecule has 0 fully saturated rings. The zero-order valence-corrected chi connectivity index (χ0v) is 19.6. The third-order valence-electron chi connectivity index (χ3n) is 6.02. The second kappa shape index (κ2) is 7.67. The Hall–Kier alpha value is -2.77. The number of pyridine rings is 1. The molecule has 3 heterocycles. The van der Waals surface area contributed by atoms with Crippen LogP contribution in [0, 0.1) is 6.92 Å². The van der Waals surface area contributed by atoms with E-state index in [1.165, 1.54) is 16.9 Å². The molecule has 0 aliphatic heterocycles. The van der Waals surface area contributed by atoms with E-state index in [-0.39, 0.29) is 0 Å². The molecule has 6 nitrogen and oxygen atoms in total. The predicted molar refractivity (Wildman–Crippen MR) is 127 cm³/mol. The van der Waals surface area contributed by atoms with Crippen LogP contribution in [0.2, 0.25) is 0 Å². The minimum atomic E-state index is -1.11. The van der Waals surface area contributed by atoms with Crippen molar-refractivity contribution in [3.05, 3.63) is 46.1 Å². The van der Waals surface area contributed by atoms with Gasteiger partial charge in [-0.25, -0.2) is 9.78 Å². The van der Waals surface area contributed by atoms with E-state index in [2.05, 4.69) is 22.3 Å². The summed E-state index contributed by atoms with van der Waals surface area (Å²) in [4.78, 5) is 19.8. The van der Waals surface area contributed by atoms with Crippen LogP contribution in [-0.4, -0.2) is 31.9 Å². The first-order chi connectivity index (χ1) is 15.2. The molecule has 0 radical (unpaired) electrons. The van der Waals surface area contributed by atoms with Gasteiger partial charge in [-0.15, -0.1) is 11.3 Å². The zero-order valence-electron chi connectivity index (χ0n) is 18.8.